The Morgan fingerprint density at radius 3 is 1.95 bits per heavy atom. The molecule has 0 radical (unpaired) electrons. The summed E-state index contributed by atoms with van der Waals surface area (Å²) in [5.41, 5.74) is 1.54. The zero-order valence-corrected chi connectivity index (χ0v) is 13.7. The van der Waals surface area contributed by atoms with Crippen molar-refractivity contribution in [1.82, 2.24) is 14.7 Å². The van der Waals surface area contributed by atoms with Gasteiger partial charge in [0.25, 0.3) is 0 Å². The van der Waals surface area contributed by atoms with Gasteiger partial charge in [0.15, 0.2) is 0 Å². The van der Waals surface area contributed by atoms with Gasteiger partial charge < -0.3 is 14.7 Å². The zero-order chi connectivity index (χ0) is 15.9. The number of hydrogen-bond donors (Lipinski definition) is 0. The average Bonchev–Trinajstić information content (AvgIpc) is 2.36. The first-order valence-corrected chi connectivity index (χ1v) is 6.72. The van der Waals surface area contributed by atoms with E-state index in [1.165, 1.54) is 0 Å². The van der Waals surface area contributed by atoms with Crippen molar-refractivity contribution >= 4 is 11.8 Å². The summed E-state index contributed by atoms with van der Waals surface area (Å²) in [5, 5.41) is 0. The first-order valence-electron chi connectivity index (χ1n) is 6.72. The molecule has 0 rings (SSSR count). The fraction of sp³-hybridized carbons (Fsp3) is 0.600. The van der Waals surface area contributed by atoms with Crippen molar-refractivity contribution < 1.29 is 9.59 Å². The molecule has 0 bridgehead atoms. The second-order valence-corrected chi connectivity index (χ2v) is 5.21. The van der Waals surface area contributed by atoms with Crippen molar-refractivity contribution in [3.8, 4) is 0 Å². The van der Waals surface area contributed by atoms with Gasteiger partial charge in [-0.15, -0.1) is 0 Å². The summed E-state index contributed by atoms with van der Waals surface area (Å²) in [6.45, 7) is 4.10. The lowest BCUT2D eigenvalue weighted by Crippen LogP contribution is -2.34. The number of hydrogen-bond acceptors (Lipinski definition) is 3. The number of allylic oxidation sites excluding steroid dienone is 2. The van der Waals surface area contributed by atoms with Gasteiger partial charge in [0.2, 0.25) is 11.8 Å². The lowest BCUT2D eigenvalue weighted by Gasteiger charge is -2.23. The molecule has 0 fully saturated rings. The van der Waals surface area contributed by atoms with Gasteiger partial charge in [-0.3, -0.25) is 9.59 Å². The fourth-order valence-electron chi connectivity index (χ4n) is 1.61. The predicted molar refractivity (Wildman–Crippen MR) is 82.1 cm³/mol. The van der Waals surface area contributed by atoms with Gasteiger partial charge in [0, 0.05) is 46.5 Å². The zero-order valence-electron chi connectivity index (χ0n) is 13.7. The van der Waals surface area contributed by atoms with Gasteiger partial charge in [0.1, 0.15) is 0 Å². The SMILES string of the molecule is CC/C=C(\C=C(/C)C(=O)N(C)C)N(C)CC(=O)N(C)C. The second kappa shape index (κ2) is 8.40. The maximum atomic E-state index is 11.9. The molecule has 20 heavy (non-hydrogen) atoms. The van der Waals surface area contributed by atoms with Crippen molar-refractivity contribution in [3.63, 3.8) is 0 Å². The number of likely N-dealkylation sites (N-methyl/N-ethyl adjacent to an activating group) is 3. The molecule has 0 aromatic heterocycles. The number of carbonyl (C=O) groups is 2. The molecule has 0 unspecified atom stereocenters. The minimum Gasteiger partial charge on any atom is -0.366 e. The van der Waals surface area contributed by atoms with Crippen LogP contribution in [0.4, 0.5) is 0 Å². The first kappa shape index (κ1) is 18.2. The molecule has 0 aromatic carbocycles. The van der Waals surface area contributed by atoms with Crippen molar-refractivity contribution in [2.45, 2.75) is 20.3 Å². The van der Waals surface area contributed by atoms with Gasteiger partial charge >= 0.3 is 0 Å². The number of nitrogens with zero attached hydrogens (tertiary/aromatic N) is 3. The first-order chi connectivity index (χ1) is 9.20. The maximum Gasteiger partial charge on any atom is 0.249 e. The van der Waals surface area contributed by atoms with E-state index >= 15 is 0 Å². The van der Waals surface area contributed by atoms with Crippen LogP contribution in [0.3, 0.4) is 0 Å². The highest BCUT2D eigenvalue weighted by Crippen LogP contribution is 2.10. The molecular formula is C15H27N3O2. The Kier molecular flexibility index (Phi) is 7.65. The van der Waals surface area contributed by atoms with E-state index in [9.17, 15) is 9.59 Å². The molecule has 5 heteroatoms. The Labute approximate surface area is 122 Å². The molecule has 0 aliphatic carbocycles. The van der Waals surface area contributed by atoms with Gasteiger partial charge in [0.05, 0.1) is 6.54 Å². The van der Waals surface area contributed by atoms with Crippen molar-refractivity contribution in [2.24, 2.45) is 0 Å². The summed E-state index contributed by atoms with van der Waals surface area (Å²) in [6, 6.07) is 0. The topological polar surface area (TPSA) is 43.9 Å². The third-order valence-corrected chi connectivity index (χ3v) is 2.83. The van der Waals surface area contributed by atoms with Crippen LogP contribution in [-0.2, 0) is 9.59 Å². The van der Waals surface area contributed by atoms with Crippen LogP contribution in [0.25, 0.3) is 0 Å². The molecule has 0 N–H and O–H groups in total. The molecule has 0 saturated carbocycles. The minimum absolute atomic E-state index is 0.0273. The normalized spacial score (nSPS) is 12.2. The molecular weight excluding hydrogens is 254 g/mol. The summed E-state index contributed by atoms with van der Waals surface area (Å²) in [4.78, 5) is 28.6. The summed E-state index contributed by atoms with van der Waals surface area (Å²) < 4.78 is 0. The highest BCUT2D eigenvalue weighted by molar-refractivity contribution is 5.92. The van der Waals surface area contributed by atoms with Crippen LogP contribution < -0.4 is 0 Å². The quantitative estimate of drug-likeness (QED) is 0.545. The van der Waals surface area contributed by atoms with Gasteiger partial charge in [-0.2, -0.15) is 0 Å². The predicted octanol–water partition coefficient (Wildman–Crippen LogP) is 1.33. The molecule has 0 aliphatic rings. The minimum atomic E-state index is -0.0284. The Hall–Kier alpha value is -1.78. The number of carbonyl (C=O) groups excluding carboxylic acids is 2. The smallest absolute Gasteiger partial charge is 0.249 e. The largest absolute Gasteiger partial charge is 0.366 e. The summed E-state index contributed by atoms with van der Waals surface area (Å²) in [6.07, 6.45) is 4.68. The van der Waals surface area contributed by atoms with Crippen molar-refractivity contribution in [2.75, 3.05) is 41.8 Å². The van der Waals surface area contributed by atoms with Gasteiger partial charge in [-0.1, -0.05) is 13.0 Å². The molecule has 2 amide bonds. The Morgan fingerprint density at radius 2 is 1.55 bits per heavy atom. The van der Waals surface area contributed by atoms with Crippen LogP contribution in [0, 0.1) is 0 Å². The molecule has 0 saturated heterocycles. The van der Waals surface area contributed by atoms with Crippen LogP contribution in [0.2, 0.25) is 0 Å². The summed E-state index contributed by atoms with van der Waals surface area (Å²) in [7, 11) is 8.77. The van der Waals surface area contributed by atoms with E-state index in [0.717, 1.165) is 12.1 Å². The Balaban J connectivity index is 5.08. The lowest BCUT2D eigenvalue weighted by atomic mass is 10.2. The molecule has 0 aliphatic heterocycles. The summed E-state index contributed by atoms with van der Waals surface area (Å²) >= 11 is 0. The Morgan fingerprint density at radius 1 is 1.00 bits per heavy atom. The van der Waals surface area contributed by atoms with E-state index in [0.29, 0.717) is 12.1 Å². The second-order valence-electron chi connectivity index (χ2n) is 5.21. The van der Waals surface area contributed by atoms with Crippen LogP contribution >= 0.6 is 0 Å². The third kappa shape index (κ3) is 5.91. The van der Waals surface area contributed by atoms with Crippen LogP contribution in [0.15, 0.2) is 23.4 Å². The number of amides is 2. The van der Waals surface area contributed by atoms with E-state index in [2.05, 4.69) is 0 Å². The van der Waals surface area contributed by atoms with Crippen LogP contribution in [0.1, 0.15) is 20.3 Å². The third-order valence-electron chi connectivity index (χ3n) is 2.83. The van der Waals surface area contributed by atoms with Crippen molar-refractivity contribution in [3.05, 3.63) is 23.4 Å². The molecule has 0 heterocycles. The van der Waals surface area contributed by atoms with Crippen molar-refractivity contribution in [1.29, 1.82) is 0 Å². The van der Waals surface area contributed by atoms with Crippen LogP contribution in [-0.4, -0.2) is 68.3 Å². The summed E-state index contributed by atoms with van der Waals surface area (Å²) in [5.74, 6) is -0.00108. The maximum absolute atomic E-state index is 11.9. The molecule has 0 aromatic rings. The average molecular weight is 281 g/mol. The number of rotatable bonds is 6. The van der Waals surface area contributed by atoms with Gasteiger partial charge in [-0.05, 0) is 19.4 Å². The van der Waals surface area contributed by atoms with Gasteiger partial charge in [-0.25, -0.2) is 0 Å². The fourth-order valence-corrected chi connectivity index (χ4v) is 1.61. The molecule has 114 valence electrons. The molecule has 0 atom stereocenters. The monoisotopic (exact) mass is 281 g/mol. The molecule has 5 nitrogen and oxygen atoms in total. The van der Waals surface area contributed by atoms with E-state index in [-0.39, 0.29) is 11.8 Å². The Bertz CT molecular complexity index is 409. The molecule has 0 spiro atoms. The van der Waals surface area contributed by atoms with E-state index in [1.807, 2.05) is 31.0 Å². The van der Waals surface area contributed by atoms with E-state index < -0.39 is 0 Å². The van der Waals surface area contributed by atoms with Crippen LogP contribution in [0.5, 0.6) is 0 Å². The highest BCUT2D eigenvalue weighted by atomic mass is 16.2. The van der Waals surface area contributed by atoms with E-state index in [4.69, 9.17) is 0 Å². The lowest BCUT2D eigenvalue weighted by molar-refractivity contribution is -0.129. The standard InChI is InChI=1S/C15H27N3O2/c1-8-9-13(10-12(2)15(20)17(5)6)18(7)11-14(19)16(3)4/h9-10H,8,11H2,1-7H3/b12-10+,13-9+. The van der Waals surface area contributed by atoms with E-state index in [1.54, 1.807) is 44.9 Å². The highest BCUT2D eigenvalue weighted by Gasteiger charge is 2.12.